The highest BCUT2D eigenvalue weighted by Crippen LogP contribution is 2.29. The number of primary sulfonamides is 1. The summed E-state index contributed by atoms with van der Waals surface area (Å²) in [6.07, 6.45) is 1.99. The molecule has 108 valence electrons. The number of nitrogen functional groups attached to an aromatic ring is 1. The van der Waals surface area contributed by atoms with Gasteiger partial charge in [0.15, 0.2) is 0 Å². The number of anilines is 2. The van der Waals surface area contributed by atoms with E-state index >= 15 is 0 Å². The molecule has 2 rings (SSSR count). The number of sulfonamides is 1. The first-order chi connectivity index (χ1) is 9.37. The summed E-state index contributed by atoms with van der Waals surface area (Å²) in [5.41, 5.74) is 8.01. The van der Waals surface area contributed by atoms with Crippen LogP contribution in [0.4, 0.5) is 11.4 Å². The molecule has 0 fully saturated rings. The average molecular weight is 359 g/mol. The topological polar surface area (TPSA) is 111 Å². The molecule has 0 radical (unpaired) electrons. The minimum Gasteiger partial charge on any atom is -0.396 e. The summed E-state index contributed by atoms with van der Waals surface area (Å²) in [6, 6.07) is 5.70. The van der Waals surface area contributed by atoms with Crippen LogP contribution in [0.5, 0.6) is 0 Å². The number of fused-ring (bicyclic) bond motifs is 1. The molecule has 0 bridgehead atoms. The smallest absolute Gasteiger partial charge is 0.209 e. The normalized spacial score (nSPS) is 11.7. The van der Waals surface area contributed by atoms with E-state index in [1.54, 1.807) is 6.20 Å². The number of benzene rings is 1. The summed E-state index contributed by atoms with van der Waals surface area (Å²) in [5.74, 6) is -0.0629. The lowest BCUT2D eigenvalue weighted by Crippen LogP contribution is -2.19. The number of aromatic nitrogens is 1. The largest absolute Gasteiger partial charge is 0.396 e. The predicted octanol–water partition coefficient (Wildman–Crippen LogP) is 1.67. The van der Waals surface area contributed by atoms with Crippen LogP contribution in [-0.4, -0.2) is 25.7 Å². The van der Waals surface area contributed by atoms with Gasteiger partial charge >= 0.3 is 0 Å². The minimum atomic E-state index is -3.43. The first-order valence-corrected chi connectivity index (χ1v) is 8.46. The van der Waals surface area contributed by atoms with Crippen molar-refractivity contribution < 1.29 is 8.42 Å². The molecule has 0 aliphatic carbocycles. The number of hydrogen-bond donors (Lipinski definition) is 3. The molecular weight excluding hydrogens is 344 g/mol. The fourth-order valence-corrected chi connectivity index (χ4v) is 2.77. The van der Waals surface area contributed by atoms with Crippen LogP contribution < -0.4 is 16.2 Å². The Bertz CT molecular complexity index is 728. The molecule has 0 amide bonds. The first kappa shape index (κ1) is 15.0. The second-order valence-corrected chi connectivity index (χ2v) is 7.05. The Morgan fingerprint density at radius 1 is 1.35 bits per heavy atom. The molecule has 6 nitrogen and oxygen atoms in total. The Morgan fingerprint density at radius 2 is 2.10 bits per heavy atom. The minimum absolute atomic E-state index is 0.0629. The predicted molar refractivity (Wildman–Crippen MR) is 84.9 cm³/mol. The van der Waals surface area contributed by atoms with Crippen molar-refractivity contribution in [2.24, 2.45) is 5.14 Å². The Kier molecular flexibility index (Phi) is 4.46. The van der Waals surface area contributed by atoms with Gasteiger partial charge in [0, 0.05) is 16.4 Å². The summed E-state index contributed by atoms with van der Waals surface area (Å²) in [4.78, 5) is 4.25. The Morgan fingerprint density at radius 3 is 2.80 bits per heavy atom. The van der Waals surface area contributed by atoms with Crippen LogP contribution in [0.25, 0.3) is 10.9 Å². The van der Waals surface area contributed by atoms with Gasteiger partial charge < -0.3 is 11.1 Å². The molecule has 8 heteroatoms. The van der Waals surface area contributed by atoms with Crippen LogP contribution >= 0.6 is 15.9 Å². The lowest BCUT2D eigenvalue weighted by molar-refractivity contribution is 0.596. The maximum atomic E-state index is 10.9. The van der Waals surface area contributed by atoms with Crippen molar-refractivity contribution in [2.75, 3.05) is 23.3 Å². The molecule has 1 aromatic heterocycles. The zero-order chi connectivity index (χ0) is 14.8. The summed E-state index contributed by atoms with van der Waals surface area (Å²) in [6.45, 7) is 0.465. The molecule has 5 N–H and O–H groups in total. The van der Waals surface area contributed by atoms with Gasteiger partial charge in [0.05, 0.1) is 28.8 Å². The van der Waals surface area contributed by atoms with Crippen LogP contribution in [0.15, 0.2) is 28.9 Å². The number of pyridine rings is 1. The zero-order valence-corrected chi connectivity index (χ0v) is 13.0. The van der Waals surface area contributed by atoms with Gasteiger partial charge in [-0.15, -0.1) is 0 Å². The highest BCUT2D eigenvalue weighted by Gasteiger charge is 2.08. The molecule has 0 atom stereocenters. The number of hydrogen-bond acceptors (Lipinski definition) is 5. The third-order valence-electron chi connectivity index (χ3n) is 2.77. The fourth-order valence-electron chi connectivity index (χ4n) is 1.86. The van der Waals surface area contributed by atoms with Gasteiger partial charge in [-0.3, -0.25) is 4.98 Å². The van der Waals surface area contributed by atoms with Crippen molar-refractivity contribution >= 4 is 48.2 Å². The molecule has 0 saturated heterocycles. The standard InChI is InChI=1S/C12H15BrN4O2S/c13-8-2-3-11-9(6-8)12(10(14)7-17-11)16-4-1-5-20(15,18)19/h2-3,6-7H,1,4-5,14H2,(H,16,17)(H2,15,18,19). The SMILES string of the molecule is Nc1cnc2ccc(Br)cc2c1NCCCS(N)(=O)=O. The van der Waals surface area contributed by atoms with Gasteiger partial charge in [-0.1, -0.05) is 15.9 Å². The van der Waals surface area contributed by atoms with Crippen molar-refractivity contribution in [3.8, 4) is 0 Å². The third-order valence-corrected chi connectivity index (χ3v) is 4.12. The van der Waals surface area contributed by atoms with E-state index in [4.69, 9.17) is 10.9 Å². The quantitative estimate of drug-likeness (QED) is 0.704. The number of rotatable bonds is 5. The second-order valence-electron chi connectivity index (χ2n) is 4.40. The average Bonchev–Trinajstić information content (AvgIpc) is 2.35. The van der Waals surface area contributed by atoms with Crippen LogP contribution in [0, 0.1) is 0 Å². The Labute approximate surface area is 125 Å². The molecule has 0 aliphatic heterocycles. The molecule has 1 aromatic carbocycles. The van der Waals surface area contributed by atoms with E-state index in [1.165, 1.54) is 0 Å². The number of nitrogens with two attached hydrogens (primary N) is 2. The summed E-state index contributed by atoms with van der Waals surface area (Å²) in [7, 11) is -3.43. The molecule has 2 aromatic rings. The van der Waals surface area contributed by atoms with Crippen LogP contribution in [0.1, 0.15) is 6.42 Å². The van der Waals surface area contributed by atoms with Crippen molar-refractivity contribution in [3.63, 3.8) is 0 Å². The van der Waals surface area contributed by atoms with Crippen LogP contribution in [0.3, 0.4) is 0 Å². The van der Waals surface area contributed by atoms with E-state index in [2.05, 4.69) is 26.2 Å². The highest BCUT2D eigenvalue weighted by molar-refractivity contribution is 9.10. The van der Waals surface area contributed by atoms with Crippen molar-refractivity contribution in [1.82, 2.24) is 4.98 Å². The van der Waals surface area contributed by atoms with Gasteiger partial charge in [-0.05, 0) is 24.6 Å². The molecule has 0 aliphatic rings. The maximum Gasteiger partial charge on any atom is 0.209 e. The molecule has 1 heterocycles. The number of nitrogens with one attached hydrogen (secondary N) is 1. The molecule has 0 unspecified atom stereocenters. The van der Waals surface area contributed by atoms with E-state index in [9.17, 15) is 8.42 Å². The Hall–Kier alpha value is -1.38. The third kappa shape index (κ3) is 3.81. The summed E-state index contributed by atoms with van der Waals surface area (Å²) in [5, 5.41) is 8.99. The van der Waals surface area contributed by atoms with Crippen molar-refractivity contribution in [2.45, 2.75) is 6.42 Å². The van der Waals surface area contributed by atoms with E-state index in [0.717, 1.165) is 21.1 Å². The number of halogens is 1. The van der Waals surface area contributed by atoms with E-state index < -0.39 is 10.0 Å². The summed E-state index contributed by atoms with van der Waals surface area (Å²) < 4.78 is 22.7. The van der Waals surface area contributed by atoms with Gasteiger partial charge in [-0.25, -0.2) is 13.6 Å². The van der Waals surface area contributed by atoms with Crippen LogP contribution in [-0.2, 0) is 10.0 Å². The highest BCUT2D eigenvalue weighted by atomic mass is 79.9. The van der Waals surface area contributed by atoms with Gasteiger partial charge in [0.25, 0.3) is 0 Å². The van der Waals surface area contributed by atoms with E-state index in [0.29, 0.717) is 18.7 Å². The van der Waals surface area contributed by atoms with Gasteiger partial charge in [0.1, 0.15) is 0 Å². The first-order valence-electron chi connectivity index (χ1n) is 5.95. The summed E-state index contributed by atoms with van der Waals surface area (Å²) >= 11 is 3.41. The van der Waals surface area contributed by atoms with Gasteiger partial charge in [0.2, 0.25) is 10.0 Å². The van der Waals surface area contributed by atoms with Crippen LogP contribution in [0.2, 0.25) is 0 Å². The second kappa shape index (κ2) is 5.94. The van der Waals surface area contributed by atoms with Gasteiger partial charge in [-0.2, -0.15) is 0 Å². The molecule has 20 heavy (non-hydrogen) atoms. The zero-order valence-electron chi connectivity index (χ0n) is 10.6. The molecule has 0 spiro atoms. The van der Waals surface area contributed by atoms with E-state index in [-0.39, 0.29) is 5.75 Å². The Balaban J connectivity index is 2.20. The monoisotopic (exact) mass is 358 g/mol. The maximum absolute atomic E-state index is 10.9. The lowest BCUT2D eigenvalue weighted by atomic mass is 10.1. The van der Waals surface area contributed by atoms with Crippen molar-refractivity contribution in [1.29, 1.82) is 0 Å². The molecule has 0 saturated carbocycles. The fraction of sp³-hybridized carbons (Fsp3) is 0.250. The number of nitrogens with zero attached hydrogens (tertiary/aromatic N) is 1. The van der Waals surface area contributed by atoms with E-state index in [1.807, 2.05) is 18.2 Å². The lowest BCUT2D eigenvalue weighted by Gasteiger charge is -2.12. The van der Waals surface area contributed by atoms with Crippen molar-refractivity contribution in [3.05, 3.63) is 28.9 Å². The molecular formula is C12H15BrN4O2S.